The van der Waals surface area contributed by atoms with Crippen molar-refractivity contribution in [3.8, 4) is 0 Å². The van der Waals surface area contributed by atoms with Crippen LogP contribution in [-0.2, 0) is 25.4 Å². The number of aromatic nitrogens is 3. The van der Waals surface area contributed by atoms with Crippen molar-refractivity contribution in [1.29, 1.82) is 0 Å². The van der Waals surface area contributed by atoms with Crippen LogP contribution in [0.5, 0.6) is 0 Å². The van der Waals surface area contributed by atoms with Gasteiger partial charge in [0.25, 0.3) is 17.4 Å². The highest BCUT2D eigenvalue weighted by Gasteiger charge is 2.39. The summed E-state index contributed by atoms with van der Waals surface area (Å²) < 4.78 is 2.12. The number of hydroxylamine groups is 2. The second-order valence-electron chi connectivity index (χ2n) is 6.74. The molecule has 10 nitrogen and oxygen atoms in total. The van der Waals surface area contributed by atoms with Gasteiger partial charge in [-0.25, -0.2) is 14.6 Å². The van der Waals surface area contributed by atoms with Gasteiger partial charge >= 0.3 is 11.7 Å². The number of hydrogen-bond acceptors (Lipinski definition) is 7. The second kappa shape index (κ2) is 6.76. The Morgan fingerprint density at radius 2 is 1.60 bits per heavy atom. The standard InChI is InChI=1S/C20H16N4O6/c1-4-10-13(9-21-15-14(10)18(27)23(3)20(29)22(15)2)19(28)30-24-16(25)11-7-5-6-8-12(11)17(24)26/h5-9H,4H2,1-3H3. The Morgan fingerprint density at radius 3 is 2.17 bits per heavy atom. The molecule has 0 saturated carbocycles. The number of carbonyl (C=O) groups is 3. The van der Waals surface area contributed by atoms with Gasteiger partial charge in [-0.1, -0.05) is 24.1 Å². The van der Waals surface area contributed by atoms with Crippen molar-refractivity contribution < 1.29 is 19.2 Å². The summed E-state index contributed by atoms with van der Waals surface area (Å²) in [6.45, 7) is 1.72. The zero-order chi connectivity index (χ0) is 21.7. The fourth-order valence-electron chi connectivity index (χ4n) is 3.51. The summed E-state index contributed by atoms with van der Waals surface area (Å²) in [5, 5.41) is 0.495. The molecule has 3 heterocycles. The quantitative estimate of drug-likeness (QED) is 0.581. The zero-order valence-corrected chi connectivity index (χ0v) is 16.3. The van der Waals surface area contributed by atoms with E-state index in [1.165, 1.54) is 37.0 Å². The number of rotatable bonds is 3. The summed E-state index contributed by atoms with van der Waals surface area (Å²) in [7, 11) is 2.79. The molecular formula is C20H16N4O6. The van der Waals surface area contributed by atoms with E-state index in [4.69, 9.17) is 4.84 Å². The van der Waals surface area contributed by atoms with Gasteiger partial charge in [0.2, 0.25) is 0 Å². The van der Waals surface area contributed by atoms with Gasteiger partial charge in [-0.05, 0) is 24.1 Å². The Balaban J connectivity index is 1.80. The maximum absolute atomic E-state index is 12.8. The van der Waals surface area contributed by atoms with Crippen LogP contribution in [0.25, 0.3) is 11.0 Å². The Bertz CT molecular complexity index is 1350. The van der Waals surface area contributed by atoms with Crippen LogP contribution in [0.2, 0.25) is 0 Å². The van der Waals surface area contributed by atoms with Gasteiger partial charge in [-0.3, -0.25) is 23.5 Å². The molecule has 2 aromatic heterocycles. The fraction of sp³-hybridized carbons (Fsp3) is 0.200. The number of pyridine rings is 1. The van der Waals surface area contributed by atoms with Gasteiger partial charge in [-0.2, -0.15) is 0 Å². The first-order valence-corrected chi connectivity index (χ1v) is 9.05. The Morgan fingerprint density at radius 1 is 1.00 bits per heavy atom. The molecule has 3 aromatic rings. The largest absolute Gasteiger partial charge is 0.365 e. The summed E-state index contributed by atoms with van der Waals surface area (Å²) in [5.74, 6) is -2.52. The average Bonchev–Trinajstić information content (AvgIpc) is 3.00. The lowest BCUT2D eigenvalue weighted by Crippen LogP contribution is -2.38. The zero-order valence-electron chi connectivity index (χ0n) is 16.3. The van der Waals surface area contributed by atoms with Crippen LogP contribution < -0.4 is 11.2 Å². The third-order valence-electron chi connectivity index (χ3n) is 5.08. The van der Waals surface area contributed by atoms with Gasteiger partial charge in [-0.15, -0.1) is 0 Å². The van der Waals surface area contributed by atoms with E-state index in [2.05, 4.69) is 4.98 Å². The summed E-state index contributed by atoms with van der Waals surface area (Å²) in [6.07, 6.45) is 1.42. The molecule has 10 heteroatoms. The van der Waals surface area contributed by atoms with Gasteiger partial charge in [0.1, 0.15) is 5.65 Å². The molecule has 4 rings (SSSR count). The predicted octanol–water partition coefficient (Wildman–Crippen LogP) is 0.563. The van der Waals surface area contributed by atoms with Crippen molar-refractivity contribution in [3.05, 3.63) is 73.6 Å². The molecule has 0 N–H and O–H groups in total. The highest BCUT2D eigenvalue weighted by molar-refractivity contribution is 6.21. The number of aryl methyl sites for hydroxylation is 2. The Kier molecular flexibility index (Phi) is 4.34. The van der Waals surface area contributed by atoms with Crippen LogP contribution >= 0.6 is 0 Å². The molecule has 0 bridgehead atoms. The molecule has 0 unspecified atom stereocenters. The van der Waals surface area contributed by atoms with E-state index in [9.17, 15) is 24.0 Å². The molecule has 1 aliphatic rings. The van der Waals surface area contributed by atoms with E-state index in [0.29, 0.717) is 10.6 Å². The number of carbonyl (C=O) groups excluding carboxylic acids is 3. The molecule has 0 saturated heterocycles. The topological polar surface area (TPSA) is 121 Å². The van der Waals surface area contributed by atoms with Crippen LogP contribution in [0.15, 0.2) is 40.1 Å². The van der Waals surface area contributed by atoms with Crippen molar-refractivity contribution in [2.24, 2.45) is 14.1 Å². The number of amides is 2. The molecular weight excluding hydrogens is 392 g/mol. The van der Waals surface area contributed by atoms with Gasteiger partial charge in [0.05, 0.1) is 22.1 Å². The maximum atomic E-state index is 12.8. The highest BCUT2D eigenvalue weighted by Crippen LogP contribution is 2.24. The van der Waals surface area contributed by atoms with Crippen molar-refractivity contribution >= 4 is 28.8 Å². The van der Waals surface area contributed by atoms with E-state index >= 15 is 0 Å². The fourth-order valence-corrected chi connectivity index (χ4v) is 3.51. The van der Waals surface area contributed by atoms with E-state index in [-0.39, 0.29) is 34.1 Å². The molecule has 30 heavy (non-hydrogen) atoms. The van der Waals surface area contributed by atoms with Crippen LogP contribution in [-0.4, -0.2) is 37.0 Å². The SMILES string of the molecule is CCc1c(C(=O)ON2C(=O)c3ccccc3C2=O)cnc2c1c(=O)n(C)c(=O)n2C. The van der Waals surface area contributed by atoms with Crippen molar-refractivity contribution in [2.45, 2.75) is 13.3 Å². The van der Waals surface area contributed by atoms with Crippen molar-refractivity contribution in [1.82, 2.24) is 19.2 Å². The van der Waals surface area contributed by atoms with Crippen LogP contribution in [0.1, 0.15) is 43.6 Å². The summed E-state index contributed by atoms with van der Waals surface area (Å²) in [6, 6.07) is 6.11. The monoisotopic (exact) mass is 408 g/mol. The Labute approximate surface area is 168 Å². The number of benzene rings is 1. The molecule has 2 amide bonds. The van der Waals surface area contributed by atoms with Crippen molar-refractivity contribution in [3.63, 3.8) is 0 Å². The van der Waals surface area contributed by atoms with Gasteiger partial charge in [0, 0.05) is 20.3 Å². The van der Waals surface area contributed by atoms with E-state index in [1.54, 1.807) is 19.1 Å². The maximum Gasteiger partial charge on any atom is 0.365 e. The summed E-state index contributed by atoms with van der Waals surface area (Å²) >= 11 is 0. The van der Waals surface area contributed by atoms with Crippen molar-refractivity contribution in [2.75, 3.05) is 0 Å². The summed E-state index contributed by atoms with van der Waals surface area (Å²) in [4.78, 5) is 71.7. The first-order chi connectivity index (χ1) is 14.3. The molecule has 0 fully saturated rings. The number of nitrogens with zero attached hydrogens (tertiary/aromatic N) is 4. The minimum Gasteiger partial charge on any atom is -0.324 e. The molecule has 0 radical (unpaired) electrons. The van der Waals surface area contributed by atoms with E-state index in [1.807, 2.05) is 0 Å². The van der Waals surface area contributed by atoms with Crippen LogP contribution in [0.4, 0.5) is 0 Å². The van der Waals surface area contributed by atoms with Gasteiger partial charge in [0.15, 0.2) is 0 Å². The van der Waals surface area contributed by atoms with E-state index in [0.717, 1.165) is 4.57 Å². The highest BCUT2D eigenvalue weighted by atomic mass is 16.7. The first kappa shape index (κ1) is 19.2. The second-order valence-corrected chi connectivity index (χ2v) is 6.74. The third kappa shape index (κ3) is 2.57. The molecule has 0 spiro atoms. The minimum atomic E-state index is -1.01. The number of hydrogen-bond donors (Lipinski definition) is 0. The lowest BCUT2D eigenvalue weighted by atomic mass is 10.0. The third-order valence-corrected chi connectivity index (χ3v) is 5.08. The smallest absolute Gasteiger partial charge is 0.324 e. The molecule has 1 aromatic carbocycles. The Hall–Kier alpha value is -4.08. The summed E-state index contributed by atoms with van der Waals surface area (Å²) in [5.41, 5.74) is -0.540. The minimum absolute atomic E-state index is 0.0719. The lowest BCUT2D eigenvalue weighted by Gasteiger charge is -2.16. The average molecular weight is 408 g/mol. The molecule has 1 aliphatic heterocycles. The van der Waals surface area contributed by atoms with Crippen LogP contribution in [0, 0.1) is 0 Å². The normalized spacial score (nSPS) is 13.1. The predicted molar refractivity (Wildman–Crippen MR) is 104 cm³/mol. The lowest BCUT2D eigenvalue weighted by molar-refractivity contribution is -0.0585. The molecule has 0 atom stereocenters. The number of fused-ring (bicyclic) bond motifs is 2. The van der Waals surface area contributed by atoms with Gasteiger partial charge < -0.3 is 4.84 Å². The first-order valence-electron chi connectivity index (χ1n) is 9.05. The number of imide groups is 1. The molecule has 0 aliphatic carbocycles. The van der Waals surface area contributed by atoms with E-state index < -0.39 is 29.0 Å². The van der Waals surface area contributed by atoms with Crippen LogP contribution in [0.3, 0.4) is 0 Å². The molecule has 152 valence electrons.